The van der Waals surface area contributed by atoms with Crippen LogP contribution in [0.5, 0.6) is 0 Å². The Kier molecular flexibility index (Phi) is 4.09. The van der Waals surface area contributed by atoms with Crippen LogP contribution in [0.2, 0.25) is 0 Å². The van der Waals surface area contributed by atoms with Gasteiger partial charge in [-0.1, -0.05) is 30.4 Å². The van der Waals surface area contributed by atoms with Crippen LogP contribution in [0.15, 0.2) is 36.4 Å². The maximum Gasteiger partial charge on any atom is 0.312 e. The number of carbonyl (C=O) groups is 1. The molecule has 21 heavy (non-hydrogen) atoms. The minimum Gasteiger partial charge on any atom is -0.481 e. The molecule has 2 aromatic rings. The highest BCUT2D eigenvalue weighted by Crippen LogP contribution is 2.22. The summed E-state index contributed by atoms with van der Waals surface area (Å²) in [5.41, 5.74) is 1.37. The standard InChI is InChI=1S/C17H19NO3/c1-11(19)14-7-6-13-5-4-12(10-15(13)18-14)8-9-17(2,3)16(20)21/h4-11,19H,1-3H3,(H,20,21)/t11-/m1/s1. The average Bonchev–Trinajstić information content (AvgIpc) is 2.44. The largest absolute Gasteiger partial charge is 0.481 e. The molecule has 0 aliphatic rings. The van der Waals surface area contributed by atoms with E-state index in [2.05, 4.69) is 4.98 Å². The third-order valence-corrected chi connectivity index (χ3v) is 3.41. The van der Waals surface area contributed by atoms with E-state index in [0.717, 1.165) is 16.5 Å². The van der Waals surface area contributed by atoms with Gasteiger partial charge in [0.1, 0.15) is 0 Å². The van der Waals surface area contributed by atoms with Crippen molar-refractivity contribution in [2.45, 2.75) is 26.9 Å². The van der Waals surface area contributed by atoms with E-state index in [4.69, 9.17) is 5.11 Å². The molecular weight excluding hydrogens is 266 g/mol. The van der Waals surface area contributed by atoms with Crippen LogP contribution < -0.4 is 0 Å². The molecule has 1 aromatic heterocycles. The quantitative estimate of drug-likeness (QED) is 0.903. The molecule has 2 N–H and O–H groups in total. The number of aromatic nitrogens is 1. The summed E-state index contributed by atoms with van der Waals surface area (Å²) in [6, 6.07) is 9.45. The number of benzene rings is 1. The number of carboxylic acid groups (broad SMARTS) is 1. The number of hydrogen-bond acceptors (Lipinski definition) is 3. The van der Waals surface area contributed by atoms with Gasteiger partial charge in [-0.25, -0.2) is 0 Å². The lowest BCUT2D eigenvalue weighted by molar-refractivity contribution is -0.144. The predicted octanol–water partition coefficient (Wildman–Crippen LogP) is 3.41. The second-order valence-corrected chi connectivity index (χ2v) is 5.72. The maximum atomic E-state index is 11.1. The van der Waals surface area contributed by atoms with Crippen molar-refractivity contribution in [1.82, 2.24) is 4.98 Å². The van der Waals surface area contributed by atoms with Gasteiger partial charge in [-0.15, -0.1) is 0 Å². The first kappa shape index (κ1) is 15.2. The molecule has 0 unspecified atom stereocenters. The molecule has 4 nitrogen and oxygen atoms in total. The number of pyridine rings is 1. The molecule has 0 aliphatic heterocycles. The zero-order chi connectivity index (χ0) is 15.6. The van der Waals surface area contributed by atoms with Gasteiger partial charge in [-0.2, -0.15) is 0 Å². The molecule has 4 heteroatoms. The van der Waals surface area contributed by atoms with E-state index >= 15 is 0 Å². The number of aliphatic carboxylic acids is 1. The van der Waals surface area contributed by atoms with Gasteiger partial charge < -0.3 is 10.2 Å². The van der Waals surface area contributed by atoms with Gasteiger partial charge in [0, 0.05) is 5.39 Å². The van der Waals surface area contributed by atoms with Crippen LogP contribution in [0.1, 0.15) is 38.1 Å². The highest BCUT2D eigenvalue weighted by atomic mass is 16.4. The van der Waals surface area contributed by atoms with Crippen LogP contribution >= 0.6 is 0 Å². The summed E-state index contributed by atoms with van der Waals surface area (Å²) < 4.78 is 0. The normalized spacial score (nSPS) is 13.7. The Hall–Kier alpha value is -2.20. The Bertz CT molecular complexity index is 702. The zero-order valence-electron chi connectivity index (χ0n) is 12.4. The fraction of sp³-hybridized carbons (Fsp3) is 0.294. The summed E-state index contributed by atoms with van der Waals surface area (Å²) in [5.74, 6) is -0.867. The summed E-state index contributed by atoms with van der Waals surface area (Å²) in [7, 11) is 0. The van der Waals surface area contributed by atoms with Crippen molar-refractivity contribution in [1.29, 1.82) is 0 Å². The Morgan fingerprint density at radius 3 is 2.57 bits per heavy atom. The molecule has 0 spiro atoms. The first-order valence-electron chi connectivity index (χ1n) is 6.81. The van der Waals surface area contributed by atoms with Crippen LogP contribution in [0, 0.1) is 5.41 Å². The minimum absolute atomic E-state index is 0.612. The number of fused-ring (bicyclic) bond motifs is 1. The van der Waals surface area contributed by atoms with Crippen LogP contribution in [0.25, 0.3) is 17.0 Å². The highest BCUT2D eigenvalue weighted by Gasteiger charge is 2.22. The molecule has 0 bridgehead atoms. The van der Waals surface area contributed by atoms with E-state index in [9.17, 15) is 9.90 Å². The highest BCUT2D eigenvalue weighted by molar-refractivity contribution is 5.82. The fourth-order valence-corrected chi connectivity index (χ4v) is 1.86. The fourth-order valence-electron chi connectivity index (χ4n) is 1.86. The molecule has 1 atom stereocenters. The van der Waals surface area contributed by atoms with Gasteiger partial charge in [0.05, 0.1) is 22.7 Å². The first-order chi connectivity index (χ1) is 9.79. The van der Waals surface area contributed by atoms with Crippen molar-refractivity contribution in [3.63, 3.8) is 0 Å². The van der Waals surface area contributed by atoms with E-state index < -0.39 is 17.5 Å². The van der Waals surface area contributed by atoms with Crippen molar-refractivity contribution < 1.29 is 15.0 Å². The van der Waals surface area contributed by atoms with Gasteiger partial charge >= 0.3 is 5.97 Å². The molecule has 0 fully saturated rings. The van der Waals surface area contributed by atoms with E-state index in [1.54, 1.807) is 39.0 Å². The third kappa shape index (κ3) is 3.47. The Morgan fingerprint density at radius 2 is 1.95 bits per heavy atom. The number of rotatable bonds is 4. The van der Waals surface area contributed by atoms with Gasteiger partial charge in [0.25, 0.3) is 0 Å². The van der Waals surface area contributed by atoms with Crippen LogP contribution in [0.3, 0.4) is 0 Å². The topological polar surface area (TPSA) is 70.4 Å². The number of nitrogens with zero attached hydrogens (tertiary/aromatic N) is 1. The van der Waals surface area contributed by atoms with Crippen molar-refractivity contribution in [2.75, 3.05) is 0 Å². The van der Waals surface area contributed by atoms with Gasteiger partial charge in [-0.3, -0.25) is 9.78 Å². The summed E-state index contributed by atoms with van der Waals surface area (Å²) in [5, 5.41) is 19.7. The smallest absolute Gasteiger partial charge is 0.312 e. The van der Waals surface area contributed by atoms with Crippen molar-refractivity contribution in [2.24, 2.45) is 5.41 Å². The van der Waals surface area contributed by atoms with Crippen molar-refractivity contribution in [3.8, 4) is 0 Å². The monoisotopic (exact) mass is 285 g/mol. The van der Waals surface area contributed by atoms with Crippen molar-refractivity contribution >= 4 is 22.9 Å². The minimum atomic E-state index is -0.913. The van der Waals surface area contributed by atoms with Gasteiger partial charge in [0.2, 0.25) is 0 Å². The summed E-state index contributed by atoms with van der Waals surface area (Å²) in [4.78, 5) is 15.5. The predicted molar refractivity (Wildman–Crippen MR) is 82.8 cm³/mol. The molecule has 0 aliphatic carbocycles. The molecular formula is C17H19NO3. The summed E-state index contributed by atoms with van der Waals surface area (Å²) in [6.07, 6.45) is 2.83. The lowest BCUT2D eigenvalue weighted by atomic mass is 9.92. The molecule has 1 aromatic carbocycles. The zero-order valence-corrected chi connectivity index (χ0v) is 12.4. The van der Waals surface area contributed by atoms with E-state index in [1.165, 1.54) is 0 Å². The summed E-state index contributed by atoms with van der Waals surface area (Å²) >= 11 is 0. The van der Waals surface area contributed by atoms with E-state index in [-0.39, 0.29) is 0 Å². The lowest BCUT2D eigenvalue weighted by Gasteiger charge is -2.13. The van der Waals surface area contributed by atoms with E-state index in [1.807, 2.05) is 24.3 Å². The number of hydrogen-bond donors (Lipinski definition) is 2. The summed E-state index contributed by atoms with van der Waals surface area (Å²) in [6.45, 7) is 4.97. The first-order valence-corrected chi connectivity index (χ1v) is 6.81. The molecule has 2 rings (SSSR count). The molecule has 0 saturated heterocycles. The van der Waals surface area contributed by atoms with Crippen LogP contribution in [0.4, 0.5) is 0 Å². The van der Waals surface area contributed by atoms with Crippen LogP contribution in [-0.4, -0.2) is 21.2 Å². The molecule has 0 radical (unpaired) electrons. The lowest BCUT2D eigenvalue weighted by Crippen LogP contribution is -2.20. The number of carboxylic acids is 1. The second-order valence-electron chi connectivity index (χ2n) is 5.72. The maximum absolute atomic E-state index is 11.1. The number of aliphatic hydroxyl groups is 1. The molecule has 1 heterocycles. The Morgan fingerprint density at radius 1 is 1.29 bits per heavy atom. The molecule has 0 amide bonds. The molecule has 0 saturated carbocycles. The van der Waals surface area contributed by atoms with Crippen molar-refractivity contribution in [3.05, 3.63) is 47.7 Å². The third-order valence-electron chi connectivity index (χ3n) is 3.41. The van der Waals surface area contributed by atoms with Gasteiger partial charge in [-0.05, 0) is 38.5 Å². The van der Waals surface area contributed by atoms with Gasteiger partial charge in [0.15, 0.2) is 0 Å². The Labute approximate surface area is 123 Å². The van der Waals surface area contributed by atoms with E-state index in [0.29, 0.717) is 5.69 Å². The second kappa shape index (κ2) is 5.66. The number of aliphatic hydroxyl groups excluding tert-OH is 1. The van der Waals surface area contributed by atoms with Crippen LogP contribution in [-0.2, 0) is 4.79 Å². The molecule has 110 valence electrons. The Balaban J connectivity index is 2.38. The SMILES string of the molecule is C[C@@H](O)c1ccc2ccc(C=CC(C)(C)C(=O)O)cc2n1. The average molecular weight is 285 g/mol.